The Hall–Kier alpha value is -2.78. The summed E-state index contributed by atoms with van der Waals surface area (Å²) in [4.78, 5) is 9.42. The molecule has 0 amide bonds. The number of rotatable bonds is 2. The number of nitrogens with zero attached hydrogens (tertiary/aromatic N) is 2. The molecule has 1 aliphatic carbocycles. The van der Waals surface area contributed by atoms with Crippen molar-refractivity contribution in [3.05, 3.63) is 94.6 Å². The van der Waals surface area contributed by atoms with E-state index < -0.39 is 0 Å². The average molecular weight is 427 g/mol. The Kier molecular flexibility index (Phi) is 3.95. The van der Waals surface area contributed by atoms with E-state index >= 15 is 0 Å². The highest BCUT2D eigenvalue weighted by molar-refractivity contribution is 9.10. The standard InChI is InChI=1S/C25H19BrN2/c1-25(2)20-11-7-6-10-18(20)19-14-17(12-13-21(19)25)22-15-23(26)28-24(27-22)16-8-4-3-5-9-16/h3-15H,1-2H3. The summed E-state index contributed by atoms with van der Waals surface area (Å²) >= 11 is 3.56. The summed E-state index contributed by atoms with van der Waals surface area (Å²) in [5, 5.41) is 0. The molecule has 0 saturated heterocycles. The van der Waals surface area contributed by atoms with E-state index in [1.165, 1.54) is 22.3 Å². The van der Waals surface area contributed by atoms with Gasteiger partial charge in [-0.3, -0.25) is 0 Å². The fourth-order valence-electron chi connectivity index (χ4n) is 4.16. The summed E-state index contributed by atoms with van der Waals surface area (Å²) in [6.45, 7) is 4.60. The van der Waals surface area contributed by atoms with Crippen LogP contribution in [0.25, 0.3) is 33.8 Å². The minimum atomic E-state index is 0.0198. The lowest BCUT2D eigenvalue weighted by molar-refractivity contribution is 0.660. The van der Waals surface area contributed by atoms with E-state index in [0.29, 0.717) is 0 Å². The molecule has 0 spiro atoms. The van der Waals surface area contributed by atoms with Gasteiger partial charge in [0.2, 0.25) is 0 Å². The van der Waals surface area contributed by atoms with Crippen LogP contribution in [0.5, 0.6) is 0 Å². The van der Waals surface area contributed by atoms with Crippen LogP contribution >= 0.6 is 15.9 Å². The molecular weight excluding hydrogens is 408 g/mol. The minimum Gasteiger partial charge on any atom is -0.228 e. The van der Waals surface area contributed by atoms with Gasteiger partial charge in [-0.05, 0) is 50.3 Å². The molecule has 0 N–H and O–H groups in total. The van der Waals surface area contributed by atoms with Crippen molar-refractivity contribution >= 4 is 15.9 Å². The number of hydrogen-bond donors (Lipinski definition) is 0. The summed E-state index contributed by atoms with van der Waals surface area (Å²) in [5.74, 6) is 0.728. The fraction of sp³-hybridized carbons (Fsp3) is 0.120. The monoisotopic (exact) mass is 426 g/mol. The predicted octanol–water partition coefficient (Wildman–Crippen LogP) is 6.88. The van der Waals surface area contributed by atoms with E-state index in [0.717, 1.165) is 27.2 Å². The van der Waals surface area contributed by atoms with Crippen molar-refractivity contribution in [3.63, 3.8) is 0 Å². The summed E-state index contributed by atoms with van der Waals surface area (Å²) < 4.78 is 0.789. The first-order valence-electron chi connectivity index (χ1n) is 9.39. The van der Waals surface area contributed by atoms with Crippen LogP contribution in [0, 0.1) is 0 Å². The SMILES string of the molecule is CC1(C)c2ccccc2-c2cc(-c3cc(Br)nc(-c4ccccc4)n3)ccc21. The van der Waals surface area contributed by atoms with Crippen LogP contribution in [0.2, 0.25) is 0 Å². The Morgan fingerprint density at radius 1 is 0.679 bits per heavy atom. The van der Waals surface area contributed by atoms with Gasteiger partial charge < -0.3 is 0 Å². The lowest BCUT2D eigenvalue weighted by atomic mass is 9.82. The van der Waals surface area contributed by atoms with Gasteiger partial charge in [-0.2, -0.15) is 0 Å². The average Bonchev–Trinajstić information content (AvgIpc) is 2.95. The van der Waals surface area contributed by atoms with Crippen LogP contribution in [0.4, 0.5) is 0 Å². The molecule has 136 valence electrons. The molecule has 4 aromatic rings. The number of halogens is 1. The molecule has 1 aromatic heterocycles. The lowest BCUT2D eigenvalue weighted by Crippen LogP contribution is -2.14. The maximum Gasteiger partial charge on any atom is 0.161 e. The number of fused-ring (bicyclic) bond motifs is 3. The third-order valence-electron chi connectivity index (χ3n) is 5.61. The number of aromatic nitrogens is 2. The molecule has 5 rings (SSSR count). The first-order chi connectivity index (χ1) is 13.5. The molecule has 2 nitrogen and oxygen atoms in total. The van der Waals surface area contributed by atoms with Crippen molar-refractivity contribution in [1.82, 2.24) is 9.97 Å². The first-order valence-corrected chi connectivity index (χ1v) is 10.2. The van der Waals surface area contributed by atoms with Gasteiger partial charge in [0.15, 0.2) is 5.82 Å². The van der Waals surface area contributed by atoms with Crippen LogP contribution in [0.3, 0.4) is 0 Å². The Balaban J connectivity index is 1.67. The van der Waals surface area contributed by atoms with Crippen molar-refractivity contribution in [3.8, 4) is 33.8 Å². The molecular formula is C25H19BrN2. The lowest BCUT2D eigenvalue weighted by Gasteiger charge is -2.21. The third-order valence-corrected chi connectivity index (χ3v) is 6.01. The smallest absolute Gasteiger partial charge is 0.161 e. The minimum absolute atomic E-state index is 0.0198. The highest BCUT2D eigenvalue weighted by atomic mass is 79.9. The van der Waals surface area contributed by atoms with Crippen LogP contribution in [0.15, 0.2) is 83.5 Å². The Morgan fingerprint density at radius 2 is 1.39 bits per heavy atom. The first kappa shape index (κ1) is 17.3. The van der Waals surface area contributed by atoms with Gasteiger partial charge in [0, 0.05) is 16.5 Å². The molecule has 0 radical (unpaired) electrons. The zero-order valence-electron chi connectivity index (χ0n) is 15.8. The zero-order chi connectivity index (χ0) is 19.3. The topological polar surface area (TPSA) is 25.8 Å². The highest BCUT2D eigenvalue weighted by Gasteiger charge is 2.35. The van der Waals surface area contributed by atoms with Crippen molar-refractivity contribution in [2.45, 2.75) is 19.3 Å². The fourth-order valence-corrected chi connectivity index (χ4v) is 4.55. The van der Waals surface area contributed by atoms with E-state index in [9.17, 15) is 0 Å². The van der Waals surface area contributed by atoms with E-state index in [-0.39, 0.29) is 5.41 Å². The largest absolute Gasteiger partial charge is 0.228 e. The zero-order valence-corrected chi connectivity index (χ0v) is 17.4. The molecule has 0 unspecified atom stereocenters. The maximum absolute atomic E-state index is 4.85. The van der Waals surface area contributed by atoms with Crippen molar-refractivity contribution in [1.29, 1.82) is 0 Å². The summed E-state index contributed by atoms with van der Waals surface area (Å²) in [6.07, 6.45) is 0. The maximum atomic E-state index is 4.85. The van der Waals surface area contributed by atoms with Gasteiger partial charge in [-0.1, -0.05) is 80.6 Å². The normalized spacial score (nSPS) is 13.8. The molecule has 0 aliphatic heterocycles. The van der Waals surface area contributed by atoms with Gasteiger partial charge >= 0.3 is 0 Å². The summed E-state index contributed by atoms with van der Waals surface area (Å²) in [5.41, 5.74) is 8.43. The quantitative estimate of drug-likeness (QED) is 0.326. The van der Waals surface area contributed by atoms with Gasteiger partial charge in [0.1, 0.15) is 4.60 Å². The van der Waals surface area contributed by atoms with Gasteiger partial charge in [0.05, 0.1) is 5.69 Å². The Labute approximate surface area is 173 Å². The molecule has 0 bridgehead atoms. The van der Waals surface area contributed by atoms with E-state index in [1.54, 1.807) is 0 Å². The van der Waals surface area contributed by atoms with Gasteiger partial charge in [-0.25, -0.2) is 9.97 Å². The number of benzene rings is 3. The van der Waals surface area contributed by atoms with E-state index in [1.807, 2.05) is 36.4 Å². The molecule has 0 fully saturated rings. The molecule has 1 aliphatic rings. The van der Waals surface area contributed by atoms with Crippen molar-refractivity contribution in [2.75, 3.05) is 0 Å². The molecule has 3 aromatic carbocycles. The van der Waals surface area contributed by atoms with Gasteiger partial charge in [-0.15, -0.1) is 0 Å². The van der Waals surface area contributed by atoms with Crippen molar-refractivity contribution < 1.29 is 0 Å². The third kappa shape index (κ3) is 2.70. The predicted molar refractivity (Wildman–Crippen MR) is 118 cm³/mol. The van der Waals surface area contributed by atoms with E-state index in [2.05, 4.69) is 77.2 Å². The second-order valence-corrected chi connectivity index (χ2v) is 8.51. The molecule has 28 heavy (non-hydrogen) atoms. The Morgan fingerprint density at radius 3 is 2.21 bits per heavy atom. The molecule has 3 heteroatoms. The molecule has 1 heterocycles. The highest BCUT2D eigenvalue weighted by Crippen LogP contribution is 2.49. The molecule has 0 atom stereocenters. The van der Waals surface area contributed by atoms with E-state index in [4.69, 9.17) is 4.98 Å². The second kappa shape index (κ2) is 6.39. The second-order valence-electron chi connectivity index (χ2n) is 7.70. The Bertz CT molecular complexity index is 1200. The van der Waals surface area contributed by atoms with Crippen LogP contribution in [-0.4, -0.2) is 9.97 Å². The van der Waals surface area contributed by atoms with Crippen molar-refractivity contribution in [2.24, 2.45) is 0 Å². The summed E-state index contributed by atoms with van der Waals surface area (Å²) in [7, 11) is 0. The molecule has 0 saturated carbocycles. The van der Waals surface area contributed by atoms with Crippen LogP contribution in [0.1, 0.15) is 25.0 Å². The van der Waals surface area contributed by atoms with Crippen LogP contribution in [-0.2, 0) is 5.41 Å². The van der Waals surface area contributed by atoms with Gasteiger partial charge in [0.25, 0.3) is 0 Å². The number of hydrogen-bond acceptors (Lipinski definition) is 2. The van der Waals surface area contributed by atoms with Crippen LogP contribution < -0.4 is 0 Å². The summed E-state index contributed by atoms with van der Waals surface area (Å²) in [6, 6.07) is 27.5.